The molecule has 0 aliphatic carbocycles. The number of rotatable bonds is 7. The van der Waals surface area contributed by atoms with Crippen molar-refractivity contribution in [2.24, 2.45) is 0 Å². The van der Waals surface area contributed by atoms with Gasteiger partial charge in [-0.05, 0) is 18.6 Å². The average Bonchev–Trinajstić information content (AvgIpc) is 2.44. The fourth-order valence-electron chi connectivity index (χ4n) is 1.31. The number of anilines is 1. The first-order valence-electron chi connectivity index (χ1n) is 5.73. The molecule has 0 fully saturated rings. The molecule has 0 aliphatic rings. The molecule has 1 amide bonds. The van der Waals surface area contributed by atoms with E-state index in [1.54, 1.807) is 0 Å². The Morgan fingerprint density at radius 2 is 1.86 bits per heavy atom. The third-order valence-electron chi connectivity index (χ3n) is 2.31. The molecule has 0 aromatic heterocycles. The fraction of sp³-hybridized carbons (Fsp3) is 0.364. The van der Waals surface area contributed by atoms with Gasteiger partial charge in [-0.15, -0.1) is 11.6 Å². The first-order valence-corrected chi connectivity index (χ1v) is 7.92. The number of sulfonamides is 1. The predicted octanol–water partition coefficient (Wildman–Crippen LogP) is 1.59. The van der Waals surface area contributed by atoms with E-state index < -0.39 is 45.6 Å². The Kier molecular flexibility index (Phi) is 6.43. The predicted molar refractivity (Wildman–Crippen MR) is 72.1 cm³/mol. The average molecular weight is 345 g/mol. The molecule has 21 heavy (non-hydrogen) atoms. The molecule has 0 saturated carbocycles. The number of nitrogens with one attached hydrogen (secondary N) is 2. The van der Waals surface area contributed by atoms with Gasteiger partial charge >= 0.3 is 0 Å². The minimum atomic E-state index is -3.68. The molecular weight excluding hydrogens is 333 g/mol. The smallest absolute Gasteiger partial charge is 0.239 e. The van der Waals surface area contributed by atoms with Crippen molar-refractivity contribution >= 4 is 33.2 Å². The molecule has 0 radical (unpaired) electrons. The lowest BCUT2D eigenvalue weighted by Gasteiger charge is -2.08. The van der Waals surface area contributed by atoms with Crippen molar-refractivity contribution in [1.29, 1.82) is 0 Å². The highest BCUT2D eigenvalue weighted by molar-refractivity contribution is 7.89. The Hall–Kier alpha value is -1.32. The van der Waals surface area contributed by atoms with Gasteiger partial charge in [-0.2, -0.15) is 0 Å². The number of halogens is 4. The Morgan fingerprint density at radius 3 is 2.48 bits per heavy atom. The van der Waals surface area contributed by atoms with Crippen LogP contribution < -0.4 is 10.0 Å². The first-order chi connectivity index (χ1) is 9.76. The van der Waals surface area contributed by atoms with Gasteiger partial charge in [-0.25, -0.2) is 26.3 Å². The largest absolute Gasteiger partial charge is 0.322 e. The van der Waals surface area contributed by atoms with Crippen LogP contribution in [-0.2, 0) is 14.8 Å². The summed E-state index contributed by atoms with van der Waals surface area (Å²) in [5.41, 5.74) is -0.584. The molecule has 0 bridgehead atoms. The van der Waals surface area contributed by atoms with Crippen LogP contribution >= 0.6 is 11.6 Å². The van der Waals surface area contributed by atoms with E-state index in [1.165, 1.54) is 0 Å². The molecule has 0 aliphatic heterocycles. The lowest BCUT2D eigenvalue weighted by Crippen LogP contribution is -2.34. The first kappa shape index (κ1) is 17.7. The summed E-state index contributed by atoms with van der Waals surface area (Å²) in [5.74, 6) is -5.72. The van der Waals surface area contributed by atoms with Gasteiger partial charge in [0, 0.05) is 5.88 Å². The van der Waals surface area contributed by atoms with Gasteiger partial charge in [0.25, 0.3) is 0 Å². The van der Waals surface area contributed by atoms with E-state index in [-0.39, 0.29) is 18.1 Å². The Balaban J connectivity index is 2.61. The SMILES string of the molecule is O=C(CNS(=O)(=O)CCCCl)Nc1ccc(F)c(F)c1F. The molecule has 5 nitrogen and oxygen atoms in total. The second kappa shape index (κ2) is 7.62. The Bertz CT molecular complexity index is 625. The van der Waals surface area contributed by atoms with E-state index in [0.717, 1.165) is 6.07 Å². The molecule has 0 unspecified atom stereocenters. The van der Waals surface area contributed by atoms with E-state index in [1.807, 2.05) is 10.0 Å². The van der Waals surface area contributed by atoms with E-state index in [2.05, 4.69) is 0 Å². The number of amides is 1. The third-order valence-corrected chi connectivity index (χ3v) is 3.99. The molecule has 0 heterocycles. The summed E-state index contributed by atoms with van der Waals surface area (Å²) >= 11 is 5.34. The van der Waals surface area contributed by atoms with Gasteiger partial charge < -0.3 is 5.32 Å². The standard InChI is InChI=1S/C11H12ClF3N2O3S/c12-4-1-5-21(19,20)16-6-9(18)17-8-3-2-7(13)10(14)11(8)15/h2-3,16H,1,4-6H2,(H,17,18). The number of carbonyl (C=O) groups excluding carboxylic acids is 1. The van der Waals surface area contributed by atoms with Crippen molar-refractivity contribution in [3.63, 3.8) is 0 Å². The van der Waals surface area contributed by atoms with Crippen LogP contribution in [0.2, 0.25) is 0 Å². The zero-order chi connectivity index (χ0) is 16.0. The van der Waals surface area contributed by atoms with Crippen molar-refractivity contribution in [2.45, 2.75) is 6.42 Å². The lowest BCUT2D eigenvalue weighted by molar-refractivity contribution is -0.115. The zero-order valence-electron chi connectivity index (χ0n) is 10.6. The van der Waals surface area contributed by atoms with Crippen LogP contribution in [0.15, 0.2) is 12.1 Å². The number of benzene rings is 1. The maximum atomic E-state index is 13.3. The summed E-state index contributed by atoms with van der Waals surface area (Å²) in [4.78, 5) is 11.4. The summed E-state index contributed by atoms with van der Waals surface area (Å²) in [5, 5.41) is 1.93. The second-order valence-electron chi connectivity index (χ2n) is 3.95. The van der Waals surface area contributed by atoms with Crippen LogP contribution in [0.1, 0.15) is 6.42 Å². The summed E-state index contributed by atoms with van der Waals surface area (Å²) < 4.78 is 63.6. The van der Waals surface area contributed by atoms with Gasteiger partial charge in [0.15, 0.2) is 17.5 Å². The lowest BCUT2D eigenvalue weighted by atomic mass is 10.3. The molecule has 0 spiro atoms. The van der Waals surface area contributed by atoms with E-state index in [9.17, 15) is 26.4 Å². The molecule has 2 N–H and O–H groups in total. The number of hydrogen-bond donors (Lipinski definition) is 2. The van der Waals surface area contributed by atoms with E-state index >= 15 is 0 Å². The second-order valence-corrected chi connectivity index (χ2v) is 6.26. The quantitative estimate of drug-likeness (QED) is 0.582. The van der Waals surface area contributed by atoms with Crippen LogP contribution in [0, 0.1) is 17.5 Å². The maximum Gasteiger partial charge on any atom is 0.239 e. The van der Waals surface area contributed by atoms with Crippen molar-refractivity contribution < 1.29 is 26.4 Å². The molecule has 1 aromatic carbocycles. The van der Waals surface area contributed by atoms with Crippen LogP contribution in [0.3, 0.4) is 0 Å². The zero-order valence-corrected chi connectivity index (χ0v) is 12.2. The highest BCUT2D eigenvalue weighted by Crippen LogP contribution is 2.19. The van der Waals surface area contributed by atoms with Crippen molar-refractivity contribution in [3.05, 3.63) is 29.6 Å². The molecule has 0 saturated heterocycles. The number of carbonyl (C=O) groups is 1. The normalized spacial score (nSPS) is 11.4. The molecule has 118 valence electrons. The van der Waals surface area contributed by atoms with Crippen LogP contribution in [0.5, 0.6) is 0 Å². The highest BCUT2D eigenvalue weighted by atomic mass is 35.5. The minimum absolute atomic E-state index is 0.146. The molecule has 1 rings (SSSR count). The summed E-state index contributed by atoms with van der Waals surface area (Å²) in [6.07, 6.45) is 0.205. The van der Waals surface area contributed by atoms with E-state index in [4.69, 9.17) is 11.6 Å². The molecular formula is C11H12ClF3N2O3S. The third kappa shape index (κ3) is 5.52. The van der Waals surface area contributed by atoms with Crippen molar-refractivity contribution in [3.8, 4) is 0 Å². The Morgan fingerprint density at radius 1 is 1.19 bits per heavy atom. The van der Waals surface area contributed by atoms with Crippen LogP contribution in [0.4, 0.5) is 18.9 Å². The molecule has 0 atom stereocenters. The van der Waals surface area contributed by atoms with Gasteiger partial charge in [0.2, 0.25) is 15.9 Å². The van der Waals surface area contributed by atoms with Crippen LogP contribution in [-0.4, -0.2) is 32.5 Å². The van der Waals surface area contributed by atoms with Crippen LogP contribution in [0.25, 0.3) is 0 Å². The summed E-state index contributed by atoms with van der Waals surface area (Å²) in [6.45, 7) is -0.664. The van der Waals surface area contributed by atoms with Crippen molar-refractivity contribution in [1.82, 2.24) is 4.72 Å². The van der Waals surface area contributed by atoms with Gasteiger partial charge in [0.05, 0.1) is 18.0 Å². The molecule has 10 heteroatoms. The number of alkyl halides is 1. The summed E-state index contributed by atoms with van der Waals surface area (Å²) in [6, 6.07) is 1.46. The van der Waals surface area contributed by atoms with Gasteiger partial charge in [0.1, 0.15) is 0 Å². The summed E-state index contributed by atoms with van der Waals surface area (Å²) in [7, 11) is -3.68. The Labute approximate surface area is 124 Å². The highest BCUT2D eigenvalue weighted by Gasteiger charge is 2.16. The van der Waals surface area contributed by atoms with Crippen molar-refractivity contribution in [2.75, 3.05) is 23.5 Å². The number of hydrogen-bond acceptors (Lipinski definition) is 3. The van der Waals surface area contributed by atoms with E-state index in [0.29, 0.717) is 6.07 Å². The van der Waals surface area contributed by atoms with Gasteiger partial charge in [-0.3, -0.25) is 4.79 Å². The van der Waals surface area contributed by atoms with Gasteiger partial charge in [-0.1, -0.05) is 0 Å². The topological polar surface area (TPSA) is 75.3 Å². The fourth-order valence-corrected chi connectivity index (χ4v) is 2.62. The maximum absolute atomic E-state index is 13.3. The minimum Gasteiger partial charge on any atom is -0.322 e. The molecule has 1 aromatic rings. The monoisotopic (exact) mass is 344 g/mol.